The summed E-state index contributed by atoms with van der Waals surface area (Å²) in [6.07, 6.45) is 5.03. The lowest BCUT2D eigenvalue weighted by atomic mass is 9.97. The Balaban J connectivity index is 1.40. The summed E-state index contributed by atoms with van der Waals surface area (Å²) >= 11 is 1.95. The van der Waals surface area contributed by atoms with E-state index in [-0.39, 0.29) is 0 Å². The van der Waals surface area contributed by atoms with Crippen LogP contribution in [0.15, 0.2) is 115 Å². The van der Waals surface area contributed by atoms with Crippen LogP contribution in [0.2, 0.25) is 13.1 Å². The van der Waals surface area contributed by atoms with Crippen molar-refractivity contribution < 1.29 is 0 Å². The van der Waals surface area contributed by atoms with Crippen LogP contribution < -0.4 is 0 Å². The third kappa shape index (κ3) is 4.01. The Morgan fingerprint density at radius 1 is 0.550 bits per heavy atom. The highest BCUT2D eigenvalue weighted by Gasteiger charge is 2.48. The van der Waals surface area contributed by atoms with Crippen LogP contribution in [-0.2, 0) is 0 Å². The van der Waals surface area contributed by atoms with Gasteiger partial charge in [-0.3, -0.25) is 0 Å². The Labute approximate surface area is 243 Å². The fourth-order valence-corrected chi connectivity index (χ4v) is 13.2. The van der Waals surface area contributed by atoms with Gasteiger partial charge in [-0.05, 0) is 82.1 Å². The van der Waals surface area contributed by atoms with E-state index < -0.39 is 8.07 Å². The molecule has 0 spiro atoms. The Kier molecular flexibility index (Phi) is 6.14. The first-order valence-electron chi connectivity index (χ1n) is 14.3. The van der Waals surface area contributed by atoms with Crippen LogP contribution in [0, 0.1) is 6.92 Å². The van der Waals surface area contributed by atoms with Gasteiger partial charge in [-0.2, -0.15) is 0 Å². The van der Waals surface area contributed by atoms with Crippen LogP contribution in [0.3, 0.4) is 0 Å². The van der Waals surface area contributed by atoms with Crippen molar-refractivity contribution in [1.82, 2.24) is 0 Å². The number of benzene rings is 4. The summed E-state index contributed by atoms with van der Waals surface area (Å²) in [5.41, 5.74) is 15.1. The molecular formula is C38H34SSi. The Hall–Kier alpha value is -3.72. The molecule has 2 aliphatic rings. The fraction of sp³-hybridized carbons (Fsp3) is 0.158. The topological polar surface area (TPSA) is 0 Å². The largest absolute Gasteiger partial charge is 0.141 e. The SMILES string of the molecule is CC1=Cc2c(-c3ccccc3)cccc2C1[Si](C)(C)C1C(c2ccc(C)s2)=Cc2c(-c3ccccc3)cccc21. The molecule has 196 valence electrons. The first-order chi connectivity index (χ1) is 19.4. The smallest absolute Gasteiger partial charge is 0.0727 e. The van der Waals surface area contributed by atoms with E-state index in [4.69, 9.17) is 0 Å². The minimum absolute atomic E-state index is 0.420. The molecule has 2 heteroatoms. The molecule has 2 aliphatic carbocycles. The number of thiophene rings is 1. The highest BCUT2D eigenvalue weighted by molar-refractivity contribution is 7.13. The molecule has 1 heterocycles. The van der Waals surface area contributed by atoms with Gasteiger partial charge in [-0.1, -0.05) is 122 Å². The second-order valence-electron chi connectivity index (χ2n) is 11.9. The third-order valence-electron chi connectivity index (χ3n) is 9.02. The molecule has 0 bridgehead atoms. The van der Waals surface area contributed by atoms with Crippen LogP contribution in [0.1, 0.15) is 50.0 Å². The minimum Gasteiger partial charge on any atom is -0.141 e. The number of allylic oxidation sites excluding steroid dienone is 2. The van der Waals surface area contributed by atoms with Gasteiger partial charge in [0.05, 0.1) is 8.07 Å². The molecule has 0 aliphatic heterocycles. The molecule has 0 saturated carbocycles. The zero-order valence-electron chi connectivity index (χ0n) is 23.6. The van der Waals surface area contributed by atoms with Crippen molar-refractivity contribution in [2.75, 3.05) is 0 Å². The van der Waals surface area contributed by atoms with Crippen molar-refractivity contribution in [2.45, 2.75) is 38.0 Å². The number of hydrogen-bond donors (Lipinski definition) is 0. The summed E-state index contributed by atoms with van der Waals surface area (Å²) < 4.78 is 0. The van der Waals surface area contributed by atoms with E-state index in [0.717, 1.165) is 0 Å². The van der Waals surface area contributed by atoms with Crippen molar-refractivity contribution >= 4 is 37.1 Å². The minimum atomic E-state index is -2.02. The van der Waals surface area contributed by atoms with Crippen LogP contribution in [0.25, 0.3) is 40.0 Å². The standard InChI is InChI=1S/C38H34SSi/c1-25-23-33-29(27-13-7-5-8-14-27)17-11-19-31(33)37(25)40(3,4)38-32-20-12-18-30(28-15-9-6-10-16-28)34(32)24-35(38)36-22-21-26(2)39-36/h5-24,37-38H,1-4H3. The van der Waals surface area contributed by atoms with E-state index in [0.29, 0.717) is 11.1 Å². The molecule has 4 aromatic carbocycles. The van der Waals surface area contributed by atoms with Crippen molar-refractivity contribution in [3.63, 3.8) is 0 Å². The van der Waals surface area contributed by atoms with Gasteiger partial charge in [-0.15, -0.1) is 11.3 Å². The number of hydrogen-bond acceptors (Lipinski definition) is 1. The zero-order chi connectivity index (χ0) is 27.4. The maximum atomic E-state index is 2.64. The maximum Gasteiger partial charge on any atom is 0.0727 e. The Morgan fingerprint density at radius 3 is 1.65 bits per heavy atom. The molecule has 1 aromatic heterocycles. The van der Waals surface area contributed by atoms with Gasteiger partial charge in [0.2, 0.25) is 0 Å². The van der Waals surface area contributed by atoms with Gasteiger partial charge in [-0.25, -0.2) is 0 Å². The maximum absolute atomic E-state index is 2.64. The Bertz CT molecular complexity index is 1790. The van der Waals surface area contributed by atoms with Crippen molar-refractivity contribution in [2.24, 2.45) is 0 Å². The summed E-state index contributed by atoms with van der Waals surface area (Å²) in [5, 5.41) is 0. The molecule has 0 radical (unpaired) electrons. The molecular weight excluding hydrogens is 517 g/mol. The normalized spacial score (nSPS) is 17.8. The van der Waals surface area contributed by atoms with E-state index in [2.05, 4.69) is 148 Å². The number of aryl methyl sites for hydroxylation is 1. The quantitative estimate of drug-likeness (QED) is 0.191. The average molecular weight is 551 g/mol. The average Bonchev–Trinajstić information content (AvgIpc) is 3.68. The number of fused-ring (bicyclic) bond motifs is 2. The van der Waals surface area contributed by atoms with E-state index in [1.807, 2.05) is 11.3 Å². The van der Waals surface area contributed by atoms with E-state index in [1.54, 1.807) is 0 Å². The summed E-state index contributed by atoms with van der Waals surface area (Å²) in [7, 11) is -2.02. The predicted molar refractivity (Wildman–Crippen MR) is 177 cm³/mol. The molecule has 0 saturated heterocycles. The van der Waals surface area contributed by atoms with Crippen LogP contribution in [0.5, 0.6) is 0 Å². The molecule has 0 amide bonds. The highest BCUT2D eigenvalue weighted by atomic mass is 32.1. The first kappa shape index (κ1) is 25.3. The number of rotatable bonds is 5. The lowest BCUT2D eigenvalue weighted by Crippen LogP contribution is -2.42. The van der Waals surface area contributed by atoms with Gasteiger partial charge in [0.25, 0.3) is 0 Å². The molecule has 2 unspecified atom stereocenters. The van der Waals surface area contributed by atoms with Gasteiger partial charge >= 0.3 is 0 Å². The Morgan fingerprint density at radius 2 is 1.10 bits per heavy atom. The second-order valence-corrected chi connectivity index (χ2v) is 18.0. The molecule has 0 nitrogen and oxygen atoms in total. The van der Waals surface area contributed by atoms with Crippen LogP contribution in [0.4, 0.5) is 0 Å². The van der Waals surface area contributed by atoms with E-state index in [9.17, 15) is 0 Å². The summed E-state index contributed by atoms with van der Waals surface area (Å²) in [4.78, 5) is 2.80. The third-order valence-corrected chi connectivity index (χ3v) is 14.4. The monoisotopic (exact) mass is 550 g/mol. The second kappa shape index (κ2) is 9.73. The van der Waals surface area contributed by atoms with Crippen molar-refractivity contribution in [3.8, 4) is 22.3 Å². The summed E-state index contributed by atoms with van der Waals surface area (Å²) in [6.45, 7) is 9.89. The van der Waals surface area contributed by atoms with Crippen LogP contribution >= 0.6 is 11.3 Å². The lowest BCUT2D eigenvalue weighted by molar-refractivity contribution is 1.01. The molecule has 5 aromatic rings. The first-order valence-corrected chi connectivity index (χ1v) is 18.2. The molecule has 0 N–H and O–H groups in total. The van der Waals surface area contributed by atoms with Crippen molar-refractivity contribution in [3.05, 3.63) is 147 Å². The van der Waals surface area contributed by atoms with Crippen LogP contribution in [-0.4, -0.2) is 8.07 Å². The molecule has 0 fully saturated rings. The predicted octanol–water partition coefficient (Wildman–Crippen LogP) is 11.0. The highest BCUT2D eigenvalue weighted by Crippen LogP contribution is 2.57. The van der Waals surface area contributed by atoms with Gasteiger partial charge in [0.15, 0.2) is 0 Å². The zero-order valence-corrected chi connectivity index (χ0v) is 25.4. The van der Waals surface area contributed by atoms with E-state index in [1.165, 1.54) is 65.4 Å². The molecule has 7 rings (SSSR count). The summed E-state index contributed by atoms with van der Waals surface area (Å²) in [5.74, 6) is 0. The van der Waals surface area contributed by atoms with Gasteiger partial charge in [0.1, 0.15) is 0 Å². The van der Waals surface area contributed by atoms with Crippen molar-refractivity contribution in [1.29, 1.82) is 0 Å². The van der Waals surface area contributed by atoms with E-state index >= 15 is 0 Å². The molecule has 2 atom stereocenters. The van der Waals surface area contributed by atoms with Gasteiger partial charge in [0, 0.05) is 20.8 Å². The molecule has 40 heavy (non-hydrogen) atoms. The fourth-order valence-electron chi connectivity index (χ4n) is 7.45. The summed E-state index contributed by atoms with van der Waals surface area (Å²) in [6, 6.07) is 40.4. The lowest BCUT2D eigenvalue weighted by Gasteiger charge is -2.39. The van der Waals surface area contributed by atoms with Gasteiger partial charge < -0.3 is 0 Å².